The molecule has 1 amide bonds. The summed E-state index contributed by atoms with van der Waals surface area (Å²) in [5.74, 6) is -1.41. The van der Waals surface area contributed by atoms with Crippen molar-refractivity contribution in [3.05, 3.63) is 66.1 Å². The summed E-state index contributed by atoms with van der Waals surface area (Å²) in [7, 11) is 0. The highest BCUT2D eigenvalue weighted by molar-refractivity contribution is 6.04. The summed E-state index contributed by atoms with van der Waals surface area (Å²) in [5, 5.41) is 5.97. The van der Waals surface area contributed by atoms with Gasteiger partial charge in [-0.05, 0) is 24.3 Å². The Morgan fingerprint density at radius 1 is 1.11 bits per heavy atom. The molecule has 1 aromatic heterocycles. The van der Waals surface area contributed by atoms with E-state index in [9.17, 15) is 22.4 Å². The SMILES string of the molecule is O=C(Nc1ccccc1OCC(F)(F)F)c1cc(-c2ccccc2F)on1. The molecule has 0 saturated heterocycles. The van der Waals surface area contributed by atoms with Crippen LogP contribution in [0.2, 0.25) is 0 Å². The van der Waals surface area contributed by atoms with Crippen molar-refractivity contribution in [2.45, 2.75) is 6.18 Å². The second kappa shape index (κ2) is 7.48. The van der Waals surface area contributed by atoms with Crippen LogP contribution in [0.3, 0.4) is 0 Å². The molecule has 9 heteroatoms. The Morgan fingerprint density at radius 3 is 2.56 bits per heavy atom. The number of amides is 1. The lowest BCUT2D eigenvalue weighted by Gasteiger charge is -2.13. The fraction of sp³-hybridized carbons (Fsp3) is 0.111. The fourth-order valence-electron chi connectivity index (χ4n) is 2.21. The van der Waals surface area contributed by atoms with E-state index in [1.165, 1.54) is 48.5 Å². The lowest BCUT2D eigenvalue weighted by molar-refractivity contribution is -0.153. The number of carbonyl (C=O) groups excluding carboxylic acids is 1. The number of carbonyl (C=O) groups is 1. The molecule has 0 bridgehead atoms. The molecule has 27 heavy (non-hydrogen) atoms. The Morgan fingerprint density at radius 2 is 1.81 bits per heavy atom. The topological polar surface area (TPSA) is 64.4 Å². The Balaban J connectivity index is 1.76. The van der Waals surface area contributed by atoms with E-state index in [1.807, 2.05) is 0 Å². The average Bonchev–Trinajstić information content (AvgIpc) is 3.11. The molecule has 0 atom stereocenters. The van der Waals surface area contributed by atoms with E-state index in [2.05, 4.69) is 10.5 Å². The number of benzene rings is 2. The summed E-state index contributed by atoms with van der Waals surface area (Å²) in [4.78, 5) is 12.3. The zero-order valence-corrected chi connectivity index (χ0v) is 13.6. The number of nitrogens with zero attached hydrogens (tertiary/aromatic N) is 1. The van der Waals surface area contributed by atoms with Crippen molar-refractivity contribution in [1.29, 1.82) is 0 Å². The molecule has 0 spiro atoms. The number of anilines is 1. The first-order valence-corrected chi connectivity index (χ1v) is 7.65. The minimum Gasteiger partial charge on any atom is -0.482 e. The van der Waals surface area contributed by atoms with E-state index in [-0.39, 0.29) is 28.5 Å². The first kappa shape index (κ1) is 18.4. The highest BCUT2D eigenvalue weighted by atomic mass is 19.4. The normalized spacial score (nSPS) is 11.3. The van der Waals surface area contributed by atoms with Crippen LogP contribution in [0, 0.1) is 5.82 Å². The van der Waals surface area contributed by atoms with Crippen LogP contribution in [0.4, 0.5) is 23.2 Å². The van der Waals surface area contributed by atoms with Crippen LogP contribution in [0.5, 0.6) is 5.75 Å². The van der Waals surface area contributed by atoms with Crippen LogP contribution in [0.1, 0.15) is 10.5 Å². The third-order valence-corrected chi connectivity index (χ3v) is 3.41. The molecule has 0 unspecified atom stereocenters. The van der Waals surface area contributed by atoms with Gasteiger partial charge >= 0.3 is 6.18 Å². The van der Waals surface area contributed by atoms with Crippen molar-refractivity contribution < 1.29 is 31.6 Å². The van der Waals surface area contributed by atoms with Crippen molar-refractivity contribution >= 4 is 11.6 Å². The lowest BCUT2D eigenvalue weighted by Crippen LogP contribution is -2.20. The maximum Gasteiger partial charge on any atom is 0.422 e. The first-order valence-electron chi connectivity index (χ1n) is 7.65. The van der Waals surface area contributed by atoms with Crippen LogP contribution in [-0.4, -0.2) is 23.8 Å². The van der Waals surface area contributed by atoms with Gasteiger partial charge in [-0.25, -0.2) is 4.39 Å². The van der Waals surface area contributed by atoms with Gasteiger partial charge in [-0.2, -0.15) is 13.2 Å². The fourth-order valence-corrected chi connectivity index (χ4v) is 2.21. The second-order valence-electron chi connectivity index (χ2n) is 5.41. The van der Waals surface area contributed by atoms with Crippen LogP contribution < -0.4 is 10.1 Å². The molecule has 5 nitrogen and oxygen atoms in total. The molecule has 3 aromatic rings. The standard InChI is InChI=1S/C18H12F4N2O3/c19-12-6-2-1-5-11(12)16-9-14(24-27-16)17(25)23-13-7-3-4-8-15(13)26-10-18(20,21)22/h1-9H,10H2,(H,23,25). The third-order valence-electron chi connectivity index (χ3n) is 3.41. The minimum atomic E-state index is -4.52. The summed E-state index contributed by atoms with van der Waals surface area (Å²) in [6.07, 6.45) is -4.52. The van der Waals surface area contributed by atoms with Crippen molar-refractivity contribution in [3.8, 4) is 17.1 Å². The van der Waals surface area contributed by atoms with Gasteiger partial charge in [-0.15, -0.1) is 0 Å². The van der Waals surface area contributed by atoms with Gasteiger partial charge in [0.1, 0.15) is 11.6 Å². The van der Waals surface area contributed by atoms with Gasteiger partial charge < -0.3 is 14.6 Å². The molecule has 0 saturated carbocycles. The van der Waals surface area contributed by atoms with Gasteiger partial charge in [0.2, 0.25) is 0 Å². The molecule has 1 heterocycles. The number of halogens is 4. The maximum atomic E-state index is 13.8. The number of nitrogens with one attached hydrogen (secondary N) is 1. The van der Waals surface area contributed by atoms with Gasteiger partial charge in [0.05, 0.1) is 11.3 Å². The van der Waals surface area contributed by atoms with E-state index >= 15 is 0 Å². The number of rotatable bonds is 5. The highest BCUT2D eigenvalue weighted by Crippen LogP contribution is 2.28. The van der Waals surface area contributed by atoms with Gasteiger partial charge in [0, 0.05) is 6.07 Å². The predicted octanol–water partition coefficient (Wildman–Crippen LogP) is 4.67. The number of ether oxygens (including phenoxy) is 1. The highest BCUT2D eigenvalue weighted by Gasteiger charge is 2.29. The van der Waals surface area contributed by atoms with E-state index < -0.39 is 24.5 Å². The van der Waals surface area contributed by atoms with E-state index in [0.717, 1.165) is 0 Å². The summed E-state index contributed by atoms with van der Waals surface area (Å²) >= 11 is 0. The minimum absolute atomic E-state index is 0.0298. The number of hydrogen-bond donors (Lipinski definition) is 1. The van der Waals surface area contributed by atoms with Gasteiger partial charge in [-0.1, -0.05) is 29.4 Å². The van der Waals surface area contributed by atoms with E-state index in [0.29, 0.717) is 0 Å². The average molecular weight is 380 g/mol. The summed E-state index contributed by atoms with van der Waals surface area (Å²) < 4.78 is 60.4. The molecule has 0 aliphatic rings. The van der Waals surface area contributed by atoms with Crippen molar-refractivity contribution in [3.63, 3.8) is 0 Å². The molecular formula is C18H12F4N2O3. The molecule has 0 radical (unpaired) electrons. The largest absolute Gasteiger partial charge is 0.482 e. The van der Waals surface area contributed by atoms with Gasteiger partial charge in [0.25, 0.3) is 5.91 Å². The van der Waals surface area contributed by atoms with Crippen molar-refractivity contribution in [2.75, 3.05) is 11.9 Å². The zero-order valence-electron chi connectivity index (χ0n) is 13.6. The van der Waals surface area contributed by atoms with Crippen molar-refractivity contribution in [2.24, 2.45) is 0 Å². The Hall–Kier alpha value is -3.36. The second-order valence-corrected chi connectivity index (χ2v) is 5.41. The zero-order chi connectivity index (χ0) is 19.4. The molecule has 140 valence electrons. The molecule has 2 aromatic carbocycles. The lowest BCUT2D eigenvalue weighted by atomic mass is 10.1. The maximum absolute atomic E-state index is 13.8. The quantitative estimate of drug-likeness (QED) is 0.653. The number of hydrogen-bond acceptors (Lipinski definition) is 4. The summed E-state index contributed by atoms with van der Waals surface area (Å²) in [5.41, 5.74) is -0.0148. The number of para-hydroxylation sites is 2. The molecule has 3 rings (SSSR count). The van der Waals surface area contributed by atoms with Crippen LogP contribution >= 0.6 is 0 Å². The van der Waals surface area contributed by atoms with E-state index in [4.69, 9.17) is 9.26 Å². The number of aromatic nitrogens is 1. The molecule has 0 fully saturated rings. The summed E-state index contributed by atoms with van der Waals surface area (Å²) in [6.45, 7) is -1.50. The monoisotopic (exact) mass is 380 g/mol. The van der Waals surface area contributed by atoms with Gasteiger partial charge in [-0.3, -0.25) is 4.79 Å². The van der Waals surface area contributed by atoms with Crippen molar-refractivity contribution in [1.82, 2.24) is 5.16 Å². The Bertz CT molecular complexity index is 954. The molecule has 1 N–H and O–H groups in total. The molecular weight excluding hydrogens is 368 g/mol. The third kappa shape index (κ3) is 4.63. The molecule has 0 aliphatic heterocycles. The number of alkyl halides is 3. The van der Waals surface area contributed by atoms with E-state index in [1.54, 1.807) is 6.07 Å². The van der Waals surface area contributed by atoms with Crippen LogP contribution in [0.15, 0.2) is 59.1 Å². The molecule has 0 aliphatic carbocycles. The Labute approximate surface area is 150 Å². The summed E-state index contributed by atoms with van der Waals surface area (Å²) in [6, 6.07) is 12.7. The van der Waals surface area contributed by atoms with Crippen LogP contribution in [-0.2, 0) is 0 Å². The first-order chi connectivity index (χ1) is 12.8. The van der Waals surface area contributed by atoms with Gasteiger partial charge in [0.15, 0.2) is 18.1 Å². The Kier molecular flexibility index (Phi) is 5.11. The smallest absolute Gasteiger partial charge is 0.422 e. The predicted molar refractivity (Wildman–Crippen MR) is 87.8 cm³/mol. The van der Waals surface area contributed by atoms with Crippen LogP contribution in [0.25, 0.3) is 11.3 Å².